The Morgan fingerprint density at radius 2 is 0.434 bits per heavy atom. The fourth-order valence-electron chi connectivity index (χ4n) is 11.5. The van der Waals surface area contributed by atoms with Crippen LogP contribution in [-0.2, 0) is 28.6 Å². The van der Waals surface area contributed by atoms with Crippen molar-refractivity contribution >= 4 is 17.9 Å². The minimum Gasteiger partial charge on any atom is -0.462 e. The molecule has 1 unspecified atom stereocenters. The van der Waals surface area contributed by atoms with Crippen molar-refractivity contribution < 1.29 is 28.6 Å². The molecule has 1 atom stereocenters. The van der Waals surface area contributed by atoms with Crippen molar-refractivity contribution in [2.45, 2.75) is 425 Å². The molecule has 0 aromatic heterocycles. The molecule has 0 fully saturated rings. The van der Waals surface area contributed by atoms with Crippen molar-refractivity contribution in [1.29, 1.82) is 0 Å². The number of rotatable bonds is 70. The fraction of sp³-hybridized carbons (Fsp3) is 0.883. The average molecular weight is 1170 g/mol. The summed E-state index contributed by atoms with van der Waals surface area (Å²) in [4.78, 5) is 38.5. The lowest BCUT2D eigenvalue weighted by molar-refractivity contribution is -0.167. The van der Waals surface area contributed by atoms with Gasteiger partial charge in [-0.15, -0.1) is 0 Å². The zero-order chi connectivity index (χ0) is 59.9. The highest BCUT2D eigenvalue weighted by atomic mass is 16.6. The lowest BCUT2D eigenvalue weighted by Crippen LogP contribution is -2.30. The number of ether oxygens (including phenoxy) is 3. The fourth-order valence-corrected chi connectivity index (χ4v) is 11.5. The van der Waals surface area contributed by atoms with Gasteiger partial charge >= 0.3 is 17.9 Å². The number of unbranched alkanes of at least 4 members (excludes halogenated alkanes) is 53. The van der Waals surface area contributed by atoms with E-state index in [1.165, 1.54) is 315 Å². The van der Waals surface area contributed by atoms with E-state index >= 15 is 0 Å². The van der Waals surface area contributed by atoms with Crippen molar-refractivity contribution in [2.24, 2.45) is 0 Å². The molecular weight excluding hydrogens is 1020 g/mol. The summed E-state index contributed by atoms with van der Waals surface area (Å²) in [5.41, 5.74) is 0. The predicted molar refractivity (Wildman–Crippen MR) is 362 cm³/mol. The Kier molecular flexibility index (Phi) is 70.0. The van der Waals surface area contributed by atoms with Gasteiger partial charge in [0.25, 0.3) is 0 Å². The molecule has 488 valence electrons. The van der Waals surface area contributed by atoms with E-state index in [0.717, 1.165) is 64.2 Å². The van der Waals surface area contributed by atoms with Crippen LogP contribution in [0.2, 0.25) is 0 Å². The summed E-state index contributed by atoms with van der Waals surface area (Å²) in [6.45, 7) is 6.71. The van der Waals surface area contributed by atoms with E-state index < -0.39 is 6.10 Å². The van der Waals surface area contributed by atoms with Crippen LogP contribution in [0.3, 0.4) is 0 Å². The van der Waals surface area contributed by atoms with Crippen molar-refractivity contribution in [3.63, 3.8) is 0 Å². The molecule has 0 bridgehead atoms. The summed E-state index contributed by atoms with van der Waals surface area (Å²) in [6.07, 6.45) is 90.4. The highest BCUT2D eigenvalue weighted by molar-refractivity contribution is 5.71. The Bertz CT molecular complexity index is 1380. The molecule has 0 aliphatic rings. The summed E-state index contributed by atoms with van der Waals surface area (Å²) < 4.78 is 17.0. The predicted octanol–water partition coefficient (Wildman–Crippen LogP) is 25.9. The zero-order valence-electron chi connectivity index (χ0n) is 56.2. The highest BCUT2D eigenvalue weighted by Gasteiger charge is 2.20. The molecule has 0 aromatic rings. The van der Waals surface area contributed by atoms with Crippen LogP contribution < -0.4 is 0 Å². The van der Waals surface area contributed by atoms with Crippen LogP contribution in [0.1, 0.15) is 419 Å². The monoisotopic (exact) mass is 1170 g/mol. The smallest absolute Gasteiger partial charge is 0.306 e. The van der Waals surface area contributed by atoms with Gasteiger partial charge in [0.05, 0.1) is 0 Å². The minimum absolute atomic E-state index is 0.0677. The lowest BCUT2D eigenvalue weighted by Gasteiger charge is -2.18. The largest absolute Gasteiger partial charge is 0.462 e. The first-order chi connectivity index (χ1) is 41.0. The van der Waals surface area contributed by atoms with Crippen LogP contribution in [-0.4, -0.2) is 37.2 Å². The standard InChI is InChI=1S/C77H144O6/c1-4-7-10-13-16-19-22-25-28-31-33-35-36-37-38-39-40-42-43-46-49-52-55-58-61-64-67-70-76(79)82-73-74(72-81-75(78)69-66-63-60-57-54-51-48-45-30-27-24-21-18-15-12-9-6-3)83-77(80)71-68-65-62-59-56-53-50-47-44-41-34-32-29-26-23-20-17-14-11-8-5-2/h22,25,27,30-31,33,74H,4-21,23-24,26,28-29,32,34-73H2,1-3H3/b25-22-,30-27-,33-31-. The molecule has 0 aliphatic heterocycles. The van der Waals surface area contributed by atoms with E-state index in [-0.39, 0.29) is 31.1 Å². The first-order valence-corrected chi connectivity index (χ1v) is 37.5. The number of hydrogen-bond acceptors (Lipinski definition) is 6. The Balaban J connectivity index is 4.26. The third kappa shape index (κ3) is 70.3. The molecule has 83 heavy (non-hydrogen) atoms. The van der Waals surface area contributed by atoms with Crippen molar-refractivity contribution in [1.82, 2.24) is 0 Å². The number of allylic oxidation sites excluding steroid dienone is 6. The van der Waals surface area contributed by atoms with Crippen LogP contribution in [0, 0.1) is 0 Å². The van der Waals surface area contributed by atoms with Gasteiger partial charge in [-0.1, -0.05) is 359 Å². The highest BCUT2D eigenvalue weighted by Crippen LogP contribution is 2.19. The van der Waals surface area contributed by atoms with Gasteiger partial charge in [0, 0.05) is 19.3 Å². The first-order valence-electron chi connectivity index (χ1n) is 37.5. The van der Waals surface area contributed by atoms with Crippen molar-refractivity contribution in [2.75, 3.05) is 13.2 Å². The maximum atomic E-state index is 13.0. The third-order valence-corrected chi connectivity index (χ3v) is 17.1. The number of hydrogen-bond donors (Lipinski definition) is 0. The molecular formula is C77H144O6. The molecule has 0 rings (SSSR count). The van der Waals surface area contributed by atoms with Crippen LogP contribution in [0.5, 0.6) is 0 Å². The second-order valence-electron chi connectivity index (χ2n) is 25.6. The van der Waals surface area contributed by atoms with Gasteiger partial charge in [-0.3, -0.25) is 14.4 Å². The van der Waals surface area contributed by atoms with E-state index in [4.69, 9.17) is 14.2 Å². The molecule has 0 spiro atoms. The number of esters is 3. The van der Waals surface area contributed by atoms with Gasteiger partial charge in [-0.25, -0.2) is 0 Å². The van der Waals surface area contributed by atoms with Crippen molar-refractivity contribution in [3.05, 3.63) is 36.5 Å². The van der Waals surface area contributed by atoms with Crippen LogP contribution in [0.15, 0.2) is 36.5 Å². The summed E-state index contributed by atoms with van der Waals surface area (Å²) in [6, 6.07) is 0. The summed E-state index contributed by atoms with van der Waals surface area (Å²) >= 11 is 0. The maximum Gasteiger partial charge on any atom is 0.306 e. The topological polar surface area (TPSA) is 78.9 Å². The molecule has 0 saturated heterocycles. The van der Waals surface area contributed by atoms with E-state index in [1.807, 2.05) is 0 Å². The summed E-state index contributed by atoms with van der Waals surface area (Å²) in [5.74, 6) is -0.838. The lowest BCUT2D eigenvalue weighted by atomic mass is 10.0. The quantitative estimate of drug-likeness (QED) is 0.0261. The van der Waals surface area contributed by atoms with Gasteiger partial charge in [-0.2, -0.15) is 0 Å². The summed E-state index contributed by atoms with van der Waals surface area (Å²) in [7, 11) is 0. The molecule has 0 heterocycles. The maximum absolute atomic E-state index is 13.0. The summed E-state index contributed by atoms with van der Waals surface area (Å²) in [5, 5.41) is 0. The van der Waals surface area contributed by atoms with Crippen LogP contribution in [0.4, 0.5) is 0 Å². The average Bonchev–Trinajstić information content (AvgIpc) is 3.49. The number of carbonyl (C=O) groups is 3. The van der Waals surface area contributed by atoms with Gasteiger partial charge in [0.1, 0.15) is 13.2 Å². The molecule has 0 N–H and O–H groups in total. The molecule has 6 nitrogen and oxygen atoms in total. The molecule has 0 radical (unpaired) electrons. The minimum atomic E-state index is -0.773. The Labute approximate surface area is 518 Å². The van der Waals surface area contributed by atoms with E-state index in [2.05, 4.69) is 57.2 Å². The Morgan fingerprint density at radius 1 is 0.241 bits per heavy atom. The molecule has 0 aliphatic carbocycles. The van der Waals surface area contributed by atoms with Crippen LogP contribution >= 0.6 is 0 Å². The van der Waals surface area contributed by atoms with E-state index in [0.29, 0.717) is 19.3 Å². The molecule has 0 aromatic carbocycles. The molecule has 0 amide bonds. The first kappa shape index (κ1) is 80.6. The van der Waals surface area contributed by atoms with E-state index in [1.54, 1.807) is 0 Å². The van der Waals surface area contributed by atoms with Crippen LogP contribution in [0.25, 0.3) is 0 Å². The SMILES string of the molecule is CCCCCCC/C=C\C/C=C\CCCCCCCCCCCCCCCCCC(=O)OCC(COC(=O)CCCCCCCCC/C=C\CCCCCCCC)OC(=O)CCCCCCCCCCCCCCCCCCCCCCC. The van der Waals surface area contributed by atoms with Crippen molar-refractivity contribution in [3.8, 4) is 0 Å². The molecule has 6 heteroatoms. The normalized spacial score (nSPS) is 12.2. The second kappa shape index (κ2) is 72.1. The second-order valence-corrected chi connectivity index (χ2v) is 25.6. The Morgan fingerprint density at radius 3 is 0.675 bits per heavy atom. The Hall–Kier alpha value is -2.37. The zero-order valence-corrected chi connectivity index (χ0v) is 56.2. The van der Waals surface area contributed by atoms with E-state index in [9.17, 15) is 14.4 Å². The number of carbonyl (C=O) groups excluding carboxylic acids is 3. The van der Waals surface area contributed by atoms with Gasteiger partial charge in [0.15, 0.2) is 6.10 Å². The van der Waals surface area contributed by atoms with Gasteiger partial charge in [-0.05, 0) is 77.0 Å². The van der Waals surface area contributed by atoms with Gasteiger partial charge in [0.2, 0.25) is 0 Å². The third-order valence-electron chi connectivity index (χ3n) is 17.1. The molecule has 0 saturated carbocycles. The van der Waals surface area contributed by atoms with Gasteiger partial charge < -0.3 is 14.2 Å².